The molecule has 0 saturated heterocycles. The predicted molar refractivity (Wildman–Crippen MR) is 63.6 cm³/mol. The van der Waals surface area contributed by atoms with Gasteiger partial charge in [0.15, 0.2) is 0 Å². The van der Waals surface area contributed by atoms with Gasteiger partial charge in [-0.1, -0.05) is 18.2 Å². The molecular weight excluding hydrogens is 186 g/mol. The Morgan fingerprint density at radius 3 is 2.33 bits per heavy atom. The van der Waals surface area contributed by atoms with Gasteiger partial charge < -0.3 is 0 Å². The van der Waals surface area contributed by atoms with Crippen molar-refractivity contribution < 1.29 is 4.84 Å². The molecule has 0 saturated carbocycles. The summed E-state index contributed by atoms with van der Waals surface area (Å²) in [6, 6.07) is 6.46. The molecule has 0 aliphatic rings. The van der Waals surface area contributed by atoms with Crippen LogP contribution in [0.1, 0.15) is 37.5 Å². The molecule has 0 radical (unpaired) electrons. The second-order valence-electron chi connectivity index (χ2n) is 4.95. The average molecular weight is 207 g/mol. The van der Waals surface area contributed by atoms with Crippen molar-refractivity contribution in [2.45, 2.75) is 46.8 Å². The highest BCUT2D eigenvalue weighted by atomic mass is 16.7. The number of nitrogens with one attached hydrogen (secondary N) is 1. The van der Waals surface area contributed by atoms with Gasteiger partial charge in [-0.2, -0.15) is 5.48 Å². The van der Waals surface area contributed by atoms with E-state index >= 15 is 0 Å². The highest BCUT2D eigenvalue weighted by molar-refractivity contribution is 5.29. The van der Waals surface area contributed by atoms with Gasteiger partial charge in [-0.15, -0.1) is 0 Å². The SMILES string of the molecule is Cc1ccc(CNOC(C)(C)C)cc1C. The molecule has 1 rings (SSSR count). The van der Waals surface area contributed by atoms with Gasteiger partial charge in [-0.05, 0) is 51.3 Å². The minimum atomic E-state index is -0.139. The van der Waals surface area contributed by atoms with Crippen LogP contribution in [0.5, 0.6) is 0 Å². The summed E-state index contributed by atoms with van der Waals surface area (Å²) in [5, 5.41) is 0. The molecule has 0 heterocycles. The summed E-state index contributed by atoms with van der Waals surface area (Å²) in [7, 11) is 0. The Bertz CT molecular complexity index is 326. The van der Waals surface area contributed by atoms with E-state index in [-0.39, 0.29) is 5.60 Å². The average Bonchev–Trinajstić information content (AvgIpc) is 2.09. The van der Waals surface area contributed by atoms with E-state index in [1.807, 2.05) is 20.8 Å². The lowest BCUT2D eigenvalue weighted by Gasteiger charge is -2.19. The number of rotatable bonds is 3. The lowest BCUT2D eigenvalue weighted by molar-refractivity contribution is -0.0757. The highest BCUT2D eigenvalue weighted by Gasteiger charge is 2.09. The number of hydrogen-bond acceptors (Lipinski definition) is 2. The summed E-state index contributed by atoms with van der Waals surface area (Å²) in [4.78, 5) is 5.45. The van der Waals surface area contributed by atoms with Gasteiger partial charge >= 0.3 is 0 Å². The maximum Gasteiger partial charge on any atom is 0.0813 e. The van der Waals surface area contributed by atoms with E-state index in [4.69, 9.17) is 4.84 Å². The molecule has 1 aromatic rings. The summed E-state index contributed by atoms with van der Waals surface area (Å²) < 4.78 is 0. The van der Waals surface area contributed by atoms with Crippen LogP contribution in [0.3, 0.4) is 0 Å². The molecule has 1 aromatic carbocycles. The molecule has 0 fully saturated rings. The van der Waals surface area contributed by atoms with Gasteiger partial charge in [0.1, 0.15) is 0 Å². The van der Waals surface area contributed by atoms with Crippen LogP contribution in [0.15, 0.2) is 18.2 Å². The van der Waals surface area contributed by atoms with Crippen LogP contribution in [0.25, 0.3) is 0 Å². The molecule has 84 valence electrons. The molecule has 0 amide bonds. The minimum Gasteiger partial charge on any atom is -0.296 e. The van der Waals surface area contributed by atoms with Crippen molar-refractivity contribution in [1.82, 2.24) is 5.48 Å². The van der Waals surface area contributed by atoms with E-state index in [0.29, 0.717) is 0 Å². The van der Waals surface area contributed by atoms with Crippen LogP contribution in [-0.4, -0.2) is 5.60 Å². The highest BCUT2D eigenvalue weighted by Crippen LogP contribution is 2.10. The van der Waals surface area contributed by atoms with Gasteiger partial charge in [0.25, 0.3) is 0 Å². The molecule has 0 aromatic heterocycles. The molecule has 0 aliphatic heterocycles. The Kier molecular flexibility index (Phi) is 3.89. The maximum absolute atomic E-state index is 5.45. The number of aryl methyl sites for hydroxylation is 2. The smallest absolute Gasteiger partial charge is 0.0813 e. The molecule has 0 bridgehead atoms. The third-order valence-corrected chi connectivity index (χ3v) is 2.23. The Morgan fingerprint density at radius 2 is 1.80 bits per heavy atom. The third kappa shape index (κ3) is 4.45. The van der Waals surface area contributed by atoms with Gasteiger partial charge in [0.05, 0.1) is 5.60 Å². The quantitative estimate of drug-likeness (QED) is 0.769. The first-order valence-corrected chi connectivity index (χ1v) is 5.35. The van der Waals surface area contributed by atoms with Crippen LogP contribution in [-0.2, 0) is 11.4 Å². The third-order valence-electron chi connectivity index (χ3n) is 2.23. The first-order valence-electron chi connectivity index (χ1n) is 5.35. The maximum atomic E-state index is 5.45. The van der Waals surface area contributed by atoms with E-state index in [1.165, 1.54) is 16.7 Å². The van der Waals surface area contributed by atoms with E-state index < -0.39 is 0 Å². The Hall–Kier alpha value is -0.860. The summed E-state index contributed by atoms with van der Waals surface area (Å²) in [6.07, 6.45) is 0. The van der Waals surface area contributed by atoms with E-state index in [0.717, 1.165) is 6.54 Å². The molecule has 0 atom stereocenters. The van der Waals surface area contributed by atoms with Crippen LogP contribution < -0.4 is 5.48 Å². The Labute approximate surface area is 92.6 Å². The zero-order chi connectivity index (χ0) is 11.5. The summed E-state index contributed by atoms with van der Waals surface area (Å²) in [6.45, 7) is 11.1. The monoisotopic (exact) mass is 207 g/mol. The molecule has 0 aliphatic carbocycles. The van der Waals surface area contributed by atoms with Gasteiger partial charge in [0.2, 0.25) is 0 Å². The Balaban J connectivity index is 2.48. The standard InChI is InChI=1S/C13H21NO/c1-10-6-7-12(8-11(10)2)9-14-15-13(3,4)5/h6-8,14H,9H2,1-5H3. The number of hydroxylamine groups is 1. The van der Waals surface area contributed by atoms with Crippen molar-refractivity contribution in [3.8, 4) is 0 Å². The van der Waals surface area contributed by atoms with Gasteiger partial charge in [-0.25, -0.2) is 0 Å². The number of hydrogen-bond donors (Lipinski definition) is 1. The lowest BCUT2D eigenvalue weighted by atomic mass is 10.1. The molecule has 0 spiro atoms. The van der Waals surface area contributed by atoms with Crippen molar-refractivity contribution in [2.24, 2.45) is 0 Å². The fourth-order valence-electron chi connectivity index (χ4n) is 1.25. The zero-order valence-electron chi connectivity index (χ0n) is 10.3. The second-order valence-corrected chi connectivity index (χ2v) is 4.95. The van der Waals surface area contributed by atoms with Crippen LogP contribution in [0.4, 0.5) is 0 Å². The summed E-state index contributed by atoms with van der Waals surface area (Å²) in [5.41, 5.74) is 6.75. The molecular formula is C13H21NO. The van der Waals surface area contributed by atoms with Crippen molar-refractivity contribution in [3.05, 3.63) is 34.9 Å². The second kappa shape index (κ2) is 4.77. The van der Waals surface area contributed by atoms with E-state index in [1.54, 1.807) is 0 Å². The molecule has 2 heteroatoms. The van der Waals surface area contributed by atoms with E-state index in [2.05, 4.69) is 37.5 Å². The van der Waals surface area contributed by atoms with Crippen LogP contribution in [0, 0.1) is 13.8 Å². The van der Waals surface area contributed by atoms with Crippen molar-refractivity contribution in [1.29, 1.82) is 0 Å². The summed E-state index contributed by atoms with van der Waals surface area (Å²) in [5.74, 6) is 0. The summed E-state index contributed by atoms with van der Waals surface area (Å²) >= 11 is 0. The lowest BCUT2D eigenvalue weighted by Crippen LogP contribution is -2.28. The first-order chi connectivity index (χ1) is 6.88. The first kappa shape index (κ1) is 12.2. The van der Waals surface area contributed by atoms with Crippen molar-refractivity contribution in [3.63, 3.8) is 0 Å². The molecule has 1 N–H and O–H groups in total. The zero-order valence-corrected chi connectivity index (χ0v) is 10.3. The van der Waals surface area contributed by atoms with Gasteiger partial charge in [0, 0.05) is 6.54 Å². The minimum absolute atomic E-state index is 0.139. The molecule has 2 nitrogen and oxygen atoms in total. The predicted octanol–water partition coefficient (Wildman–Crippen LogP) is 3.12. The topological polar surface area (TPSA) is 21.3 Å². The normalized spacial score (nSPS) is 11.8. The number of benzene rings is 1. The van der Waals surface area contributed by atoms with Gasteiger partial charge in [-0.3, -0.25) is 4.84 Å². The van der Waals surface area contributed by atoms with Crippen LogP contribution >= 0.6 is 0 Å². The van der Waals surface area contributed by atoms with Crippen molar-refractivity contribution >= 4 is 0 Å². The Morgan fingerprint density at radius 1 is 1.13 bits per heavy atom. The largest absolute Gasteiger partial charge is 0.296 e. The fourth-order valence-corrected chi connectivity index (χ4v) is 1.25. The fraction of sp³-hybridized carbons (Fsp3) is 0.538. The van der Waals surface area contributed by atoms with E-state index in [9.17, 15) is 0 Å². The molecule has 0 unspecified atom stereocenters. The molecule has 15 heavy (non-hydrogen) atoms. The van der Waals surface area contributed by atoms with Crippen molar-refractivity contribution in [2.75, 3.05) is 0 Å². The van der Waals surface area contributed by atoms with Crippen LogP contribution in [0.2, 0.25) is 0 Å².